The van der Waals surface area contributed by atoms with Crippen LogP contribution in [-0.4, -0.2) is 52.6 Å². The molecule has 1 aromatic heterocycles. The van der Waals surface area contributed by atoms with E-state index in [1.54, 1.807) is 0 Å². The topological polar surface area (TPSA) is 40.5 Å². The molecule has 134 valence electrons. The largest absolute Gasteiger partial charge is 0.345 e. The van der Waals surface area contributed by atoms with Gasteiger partial charge in [-0.05, 0) is 64.4 Å². The molecule has 2 saturated heterocycles. The highest BCUT2D eigenvalue weighted by atomic mass is 16.2. The molecule has 2 atom stereocenters. The summed E-state index contributed by atoms with van der Waals surface area (Å²) in [6.45, 7) is 6.94. The Morgan fingerprint density at radius 1 is 1.20 bits per heavy atom. The maximum Gasteiger partial charge on any atom is 0.321 e. The van der Waals surface area contributed by atoms with Crippen molar-refractivity contribution in [3.63, 3.8) is 0 Å². The quantitative estimate of drug-likeness (QED) is 0.906. The van der Waals surface area contributed by atoms with Crippen LogP contribution in [0.1, 0.15) is 31.9 Å². The highest BCUT2D eigenvalue weighted by Crippen LogP contribution is 2.29. The Morgan fingerprint density at radius 3 is 2.80 bits per heavy atom. The lowest BCUT2D eigenvalue weighted by molar-refractivity contribution is 0.200. The molecule has 1 aromatic carbocycles. The van der Waals surface area contributed by atoms with Crippen LogP contribution in [0.3, 0.4) is 0 Å². The molecule has 5 nitrogen and oxygen atoms in total. The fourth-order valence-electron chi connectivity index (χ4n) is 4.60. The van der Waals surface area contributed by atoms with Gasteiger partial charge in [-0.1, -0.05) is 0 Å². The van der Waals surface area contributed by atoms with Gasteiger partial charge < -0.3 is 14.8 Å². The molecule has 2 fully saturated rings. The van der Waals surface area contributed by atoms with E-state index in [0.717, 1.165) is 31.7 Å². The number of rotatable bonds is 2. The molecule has 0 unspecified atom stereocenters. The monoisotopic (exact) mass is 340 g/mol. The number of amides is 2. The molecule has 1 N–H and O–H groups in total. The van der Waals surface area contributed by atoms with Gasteiger partial charge in [0.25, 0.3) is 0 Å². The number of hydrogen-bond acceptors (Lipinski definition) is 2. The Morgan fingerprint density at radius 2 is 2.00 bits per heavy atom. The van der Waals surface area contributed by atoms with Crippen molar-refractivity contribution in [2.45, 2.75) is 51.7 Å². The zero-order valence-corrected chi connectivity index (χ0v) is 15.5. The standard InChI is InChI=1S/C20H28N4O/c1-4-24-14(2)11-15-12-16(5-8-19(15)24)21-20(25)23-10-9-17-6-7-18(13-23)22(17)3/h5,8,11-12,17-18H,4,6-7,9-10,13H2,1-3H3,(H,21,25)/t17-,18+/m0/s1. The number of carbonyl (C=O) groups excluding carboxylic acids is 1. The lowest BCUT2D eigenvalue weighted by Crippen LogP contribution is -2.41. The molecule has 4 rings (SSSR count). The van der Waals surface area contributed by atoms with Crippen molar-refractivity contribution < 1.29 is 4.79 Å². The molecule has 3 heterocycles. The summed E-state index contributed by atoms with van der Waals surface area (Å²) in [6.07, 6.45) is 3.57. The number of likely N-dealkylation sites (N-methyl/N-ethyl adjacent to an activating group) is 1. The van der Waals surface area contributed by atoms with Crippen LogP contribution >= 0.6 is 0 Å². The molecule has 5 heteroatoms. The molecule has 2 amide bonds. The fourth-order valence-corrected chi connectivity index (χ4v) is 4.60. The smallest absolute Gasteiger partial charge is 0.321 e. The zero-order valence-electron chi connectivity index (χ0n) is 15.5. The second-order valence-electron chi connectivity index (χ2n) is 7.52. The minimum atomic E-state index is 0.0342. The van der Waals surface area contributed by atoms with Crippen LogP contribution in [0, 0.1) is 6.92 Å². The second kappa shape index (κ2) is 6.37. The van der Waals surface area contributed by atoms with Crippen molar-refractivity contribution in [2.75, 3.05) is 25.5 Å². The predicted octanol–water partition coefficient (Wildman–Crippen LogP) is 3.67. The lowest BCUT2D eigenvalue weighted by Gasteiger charge is -2.26. The number of nitrogens with zero attached hydrogens (tertiary/aromatic N) is 3. The number of aryl methyl sites for hydroxylation is 2. The molecule has 0 aliphatic carbocycles. The molecule has 2 aliphatic rings. The first kappa shape index (κ1) is 16.5. The Hall–Kier alpha value is -2.01. The number of urea groups is 1. The minimum Gasteiger partial charge on any atom is -0.345 e. The number of nitrogens with one attached hydrogen (secondary N) is 1. The van der Waals surface area contributed by atoms with Crippen LogP contribution in [0.4, 0.5) is 10.5 Å². The minimum absolute atomic E-state index is 0.0342. The summed E-state index contributed by atoms with van der Waals surface area (Å²) >= 11 is 0. The number of carbonyl (C=O) groups is 1. The first-order valence-corrected chi connectivity index (χ1v) is 9.44. The van der Waals surface area contributed by atoms with Gasteiger partial charge in [-0.2, -0.15) is 0 Å². The van der Waals surface area contributed by atoms with E-state index in [1.165, 1.54) is 29.4 Å². The summed E-state index contributed by atoms with van der Waals surface area (Å²) in [6, 6.07) is 9.60. The van der Waals surface area contributed by atoms with E-state index < -0.39 is 0 Å². The Kier molecular flexibility index (Phi) is 4.20. The highest BCUT2D eigenvalue weighted by Gasteiger charge is 2.35. The summed E-state index contributed by atoms with van der Waals surface area (Å²) in [4.78, 5) is 17.2. The van der Waals surface area contributed by atoms with Crippen molar-refractivity contribution in [1.82, 2.24) is 14.4 Å². The van der Waals surface area contributed by atoms with E-state index in [2.05, 4.69) is 53.9 Å². The van der Waals surface area contributed by atoms with E-state index in [9.17, 15) is 4.79 Å². The van der Waals surface area contributed by atoms with Crippen molar-refractivity contribution in [3.05, 3.63) is 30.0 Å². The summed E-state index contributed by atoms with van der Waals surface area (Å²) in [5.41, 5.74) is 3.37. The molecule has 0 spiro atoms. The second-order valence-corrected chi connectivity index (χ2v) is 7.52. The summed E-state index contributed by atoms with van der Waals surface area (Å²) in [5, 5.41) is 4.30. The number of benzene rings is 1. The third-order valence-electron chi connectivity index (χ3n) is 6.11. The van der Waals surface area contributed by atoms with Gasteiger partial charge in [-0.25, -0.2) is 4.79 Å². The van der Waals surface area contributed by atoms with Crippen LogP contribution < -0.4 is 5.32 Å². The van der Waals surface area contributed by atoms with Gasteiger partial charge in [-0.3, -0.25) is 4.90 Å². The molecule has 2 aliphatic heterocycles. The highest BCUT2D eigenvalue weighted by molar-refractivity contribution is 5.93. The average Bonchev–Trinajstić information content (AvgIpc) is 3.01. The molecule has 2 aromatic rings. The third-order valence-corrected chi connectivity index (χ3v) is 6.11. The van der Waals surface area contributed by atoms with Crippen LogP contribution in [0.5, 0.6) is 0 Å². The van der Waals surface area contributed by atoms with Crippen LogP contribution in [0.25, 0.3) is 10.9 Å². The van der Waals surface area contributed by atoms with Gasteiger partial charge in [-0.15, -0.1) is 0 Å². The van der Waals surface area contributed by atoms with Gasteiger partial charge in [0, 0.05) is 54.0 Å². The number of fused-ring (bicyclic) bond motifs is 3. The molecular weight excluding hydrogens is 312 g/mol. The fraction of sp³-hybridized carbons (Fsp3) is 0.550. The number of likely N-dealkylation sites (tertiary alicyclic amines) is 1. The van der Waals surface area contributed by atoms with Crippen LogP contribution in [0.2, 0.25) is 0 Å². The summed E-state index contributed by atoms with van der Waals surface area (Å²) in [7, 11) is 2.21. The summed E-state index contributed by atoms with van der Waals surface area (Å²) in [5.74, 6) is 0. The Labute approximate surface area is 149 Å². The van der Waals surface area contributed by atoms with Gasteiger partial charge in [0.2, 0.25) is 0 Å². The van der Waals surface area contributed by atoms with Gasteiger partial charge in [0.15, 0.2) is 0 Å². The average molecular weight is 340 g/mol. The number of anilines is 1. The molecule has 2 bridgehead atoms. The van der Waals surface area contributed by atoms with Crippen LogP contribution in [0.15, 0.2) is 24.3 Å². The Bertz CT molecular complexity index is 796. The zero-order chi connectivity index (χ0) is 17.6. The first-order chi connectivity index (χ1) is 12.1. The predicted molar refractivity (Wildman–Crippen MR) is 102 cm³/mol. The number of hydrogen-bond donors (Lipinski definition) is 1. The van der Waals surface area contributed by atoms with Crippen LogP contribution in [-0.2, 0) is 6.54 Å². The molecular formula is C20H28N4O. The van der Waals surface area contributed by atoms with E-state index in [0.29, 0.717) is 12.1 Å². The van der Waals surface area contributed by atoms with Crippen molar-refractivity contribution in [2.24, 2.45) is 0 Å². The van der Waals surface area contributed by atoms with E-state index in [1.807, 2.05) is 11.0 Å². The van der Waals surface area contributed by atoms with Gasteiger partial charge in [0.1, 0.15) is 0 Å². The maximum absolute atomic E-state index is 12.8. The normalized spacial score (nSPS) is 23.9. The van der Waals surface area contributed by atoms with E-state index >= 15 is 0 Å². The van der Waals surface area contributed by atoms with Gasteiger partial charge in [0.05, 0.1) is 0 Å². The van der Waals surface area contributed by atoms with Crippen molar-refractivity contribution >= 4 is 22.6 Å². The van der Waals surface area contributed by atoms with Crippen molar-refractivity contribution in [3.8, 4) is 0 Å². The molecule has 0 saturated carbocycles. The maximum atomic E-state index is 12.8. The molecule has 0 radical (unpaired) electrons. The van der Waals surface area contributed by atoms with E-state index in [4.69, 9.17) is 0 Å². The number of aromatic nitrogens is 1. The molecule has 25 heavy (non-hydrogen) atoms. The third kappa shape index (κ3) is 2.91. The lowest BCUT2D eigenvalue weighted by atomic mass is 10.1. The van der Waals surface area contributed by atoms with Crippen molar-refractivity contribution in [1.29, 1.82) is 0 Å². The van der Waals surface area contributed by atoms with E-state index in [-0.39, 0.29) is 6.03 Å². The SMILES string of the molecule is CCn1c(C)cc2cc(NC(=O)N3CC[C@@H]4CC[C@H](C3)N4C)ccc21. The van der Waals surface area contributed by atoms with Gasteiger partial charge >= 0.3 is 6.03 Å². The summed E-state index contributed by atoms with van der Waals surface area (Å²) < 4.78 is 2.29. The first-order valence-electron chi connectivity index (χ1n) is 9.44. The Balaban J connectivity index is 1.50.